The number of aldehydes is 1. The Hall–Kier alpha value is -1.67. The predicted octanol–water partition coefficient (Wildman–Crippen LogP) is 2.21. The minimum Gasteiger partial charge on any atom is -0.303 e. The molecule has 19 heavy (non-hydrogen) atoms. The highest BCUT2D eigenvalue weighted by Crippen LogP contribution is 2.37. The first-order chi connectivity index (χ1) is 8.92. The first-order valence-electron chi connectivity index (χ1n) is 6.06. The van der Waals surface area contributed by atoms with Crippen molar-refractivity contribution in [3.8, 4) is 6.07 Å². The van der Waals surface area contributed by atoms with Crippen LogP contribution >= 0.6 is 0 Å². The molecule has 0 amide bonds. The molecule has 0 N–H and O–H groups in total. The number of nitriles is 1. The van der Waals surface area contributed by atoms with E-state index < -0.39 is 19.8 Å². The Kier molecular flexibility index (Phi) is 4.84. The molecular weight excluding hydrogens is 262 g/mol. The Morgan fingerprint density at radius 1 is 1.32 bits per heavy atom. The molecule has 1 rings (SSSR count). The Bertz CT molecular complexity index is 572. The maximum absolute atomic E-state index is 12.6. The Labute approximate surface area is 114 Å². The van der Waals surface area contributed by atoms with Gasteiger partial charge in [0.1, 0.15) is 6.29 Å². The lowest BCUT2D eigenvalue weighted by Gasteiger charge is -2.28. The van der Waals surface area contributed by atoms with Crippen molar-refractivity contribution in [2.24, 2.45) is 0 Å². The molecule has 1 atom stereocenters. The number of sulfone groups is 1. The zero-order valence-corrected chi connectivity index (χ0v) is 11.9. The lowest BCUT2D eigenvalue weighted by Crippen LogP contribution is -2.39. The van der Waals surface area contributed by atoms with Crippen LogP contribution in [0.3, 0.4) is 0 Å². The average molecular weight is 279 g/mol. The Morgan fingerprint density at radius 3 is 2.32 bits per heavy atom. The van der Waals surface area contributed by atoms with Gasteiger partial charge < -0.3 is 4.79 Å². The minimum absolute atomic E-state index is 0.0163. The molecule has 0 aliphatic heterocycles. The van der Waals surface area contributed by atoms with Gasteiger partial charge >= 0.3 is 0 Å². The number of nitrogens with zero attached hydrogens (tertiary/aromatic N) is 1. The molecular formula is C14H17NO3S. The zero-order chi connectivity index (χ0) is 14.5. The third-order valence-corrected chi connectivity index (χ3v) is 5.88. The second-order valence-corrected chi connectivity index (χ2v) is 7.33. The quantitative estimate of drug-likeness (QED) is 0.748. The fourth-order valence-corrected chi connectivity index (χ4v) is 3.81. The SMILES string of the molecule is CC(C)S(=O)(=O)C(C#N)(CCC=O)c1ccccc1. The molecule has 102 valence electrons. The van der Waals surface area contributed by atoms with Crippen LogP contribution in [0.25, 0.3) is 0 Å². The van der Waals surface area contributed by atoms with Crippen LogP contribution < -0.4 is 0 Å². The van der Waals surface area contributed by atoms with E-state index in [2.05, 4.69) is 0 Å². The topological polar surface area (TPSA) is 75.0 Å². The normalized spacial score (nSPS) is 14.6. The highest BCUT2D eigenvalue weighted by atomic mass is 32.2. The molecule has 0 saturated carbocycles. The van der Waals surface area contributed by atoms with Crippen LogP contribution in [-0.2, 0) is 19.4 Å². The summed E-state index contributed by atoms with van der Waals surface area (Å²) < 4.78 is 23.5. The second-order valence-electron chi connectivity index (χ2n) is 4.60. The van der Waals surface area contributed by atoms with Gasteiger partial charge in [-0.25, -0.2) is 8.42 Å². The molecule has 1 aromatic rings. The van der Waals surface area contributed by atoms with Crippen molar-refractivity contribution >= 4 is 16.1 Å². The van der Waals surface area contributed by atoms with Gasteiger partial charge in [-0.1, -0.05) is 30.3 Å². The molecule has 0 saturated heterocycles. The minimum atomic E-state index is -3.70. The number of carbonyl (C=O) groups is 1. The maximum Gasteiger partial charge on any atom is 0.184 e. The van der Waals surface area contributed by atoms with E-state index in [1.54, 1.807) is 44.2 Å². The van der Waals surface area contributed by atoms with Gasteiger partial charge in [0, 0.05) is 6.42 Å². The molecule has 0 bridgehead atoms. The largest absolute Gasteiger partial charge is 0.303 e. The summed E-state index contributed by atoms with van der Waals surface area (Å²) in [6, 6.07) is 10.3. The fraction of sp³-hybridized carbons (Fsp3) is 0.429. The van der Waals surface area contributed by atoms with Crippen LogP contribution in [-0.4, -0.2) is 20.0 Å². The van der Waals surface area contributed by atoms with Crippen LogP contribution in [0.1, 0.15) is 32.3 Å². The van der Waals surface area contributed by atoms with Crippen molar-refractivity contribution in [1.29, 1.82) is 5.26 Å². The lowest BCUT2D eigenvalue weighted by molar-refractivity contribution is -0.108. The standard InChI is InChI=1S/C14H17NO3S/c1-12(2)19(17,18)14(11-15,9-6-10-16)13-7-4-3-5-8-13/h3-5,7-8,10,12H,6,9H2,1-2H3. The van der Waals surface area contributed by atoms with Crippen molar-refractivity contribution in [3.05, 3.63) is 35.9 Å². The van der Waals surface area contributed by atoms with E-state index in [4.69, 9.17) is 0 Å². The molecule has 5 heteroatoms. The summed E-state index contributed by atoms with van der Waals surface area (Å²) in [7, 11) is -3.70. The third kappa shape index (κ3) is 2.69. The highest BCUT2D eigenvalue weighted by Gasteiger charge is 2.46. The van der Waals surface area contributed by atoms with Crippen molar-refractivity contribution in [2.45, 2.75) is 36.7 Å². The third-order valence-electron chi connectivity index (χ3n) is 3.14. The van der Waals surface area contributed by atoms with E-state index in [9.17, 15) is 18.5 Å². The Morgan fingerprint density at radius 2 is 1.89 bits per heavy atom. The van der Waals surface area contributed by atoms with Crippen LogP contribution in [0.2, 0.25) is 0 Å². The van der Waals surface area contributed by atoms with E-state index in [0.29, 0.717) is 11.8 Å². The van der Waals surface area contributed by atoms with Gasteiger partial charge in [-0.2, -0.15) is 5.26 Å². The van der Waals surface area contributed by atoms with Crippen LogP contribution in [0.4, 0.5) is 0 Å². The predicted molar refractivity (Wildman–Crippen MR) is 73.1 cm³/mol. The summed E-state index contributed by atoms with van der Waals surface area (Å²) >= 11 is 0. The highest BCUT2D eigenvalue weighted by molar-refractivity contribution is 7.93. The summed E-state index contributed by atoms with van der Waals surface area (Å²) in [5, 5.41) is 8.81. The Balaban J connectivity index is 3.50. The van der Waals surface area contributed by atoms with Crippen molar-refractivity contribution < 1.29 is 13.2 Å². The van der Waals surface area contributed by atoms with Gasteiger partial charge in [0.05, 0.1) is 11.3 Å². The van der Waals surface area contributed by atoms with Gasteiger partial charge in [0.15, 0.2) is 14.6 Å². The summed E-state index contributed by atoms with van der Waals surface area (Å²) in [5.74, 6) is 0. The maximum atomic E-state index is 12.6. The molecule has 0 aromatic heterocycles. The molecule has 1 aromatic carbocycles. The van der Waals surface area contributed by atoms with Crippen molar-refractivity contribution in [3.63, 3.8) is 0 Å². The fourth-order valence-electron chi connectivity index (χ4n) is 2.01. The number of rotatable bonds is 6. The molecule has 0 radical (unpaired) electrons. The van der Waals surface area contributed by atoms with Gasteiger partial charge in [-0.05, 0) is 25.8 Å². The molecule has 0 spiro atoms. The number of hydrogen-bond acceptors (Lipinski definition) is 4. The van der Waals surface area contributed by atoms with Crippen LogP contribution in [0.15, 0.2) is 30.3 Å². The van der Waals surface area contributed by atoms with E-state index in [-0.39, 0.29) is 12.8 Å². The number of benzene rings is 1. The molecule has 0 heterocycles. The summed E-state index contributed by atoms with van der Waals surface area (Å²) in [5.41, 5.74) is 0.424. The zero-order valence-electron chi connectivity index (χ0n) is 11.0. The first-order valence-corrected chi connectivity index (χ1v) is 7.61. The number of hydrogen-bond donors (Lipinski definition) is 0. The molecule has 0 aliphatic carbocycles. The van der Waals surface area contributed by atoms with E-state index >= 15 is 0 Å². The van der Waals surface area contributed by atoms with E-state index in [1.165, 1.54) is 0 Å². The second kappa shape index (κ2) is 5.98. The number of carbonyl (C=O) groups excluding carboxylic acids is 1. The van der Waals surface area contributed by atoms with Gasteiger partial charge in [-0.15, -0.1) is 0 Å². The van der Waals surface area contributed by atoms with Crippen LogP contribution in [0.5, 0.6) is 0 Å². The molecule has 0 aliphatic rings. The smallest absolute Gasteiger partial charge is 0.184 e. The average Bonchev–Trinajstić information content (AvgIpc) is 2.41. The van der Waals surface area contributed by atoms with Gasteiger partial charge in [-0.3, -0.25) is 0 Å². The first kappa shape index (κ1) is 15.4. The van der Waals surface area contributed by atoms with Gasteiger partial charge in [0.2, 0.25) is 0 Å². The monoisotopic (exact) mass is 279 g/mol. The molecule has 1 unspecified atom stereocenters. The molecule has 4 nitrogen and oxygen atoms in total. The summed E-state index contributed by atoms with van der Waals surface area (Å²) in [4.78, 5) is 10.6. The van der Waals surface area contributed by atoms with Crippen LogP contribution in [0, 0.1) is 11.3 Å². The summed E-state index contributed by atoms with van der Waals surface area (Å²) in [6.07, 6.45) is 0.663. The molecule has 0 fully saturated rings. The summed E-state index contributed by atoms with van der Waals surface area (Å²) in [6.45, 7) is 3.09. The lowest BCUT2D eigenvalue weighted by atomic mass is 9.95. The van der Waals surface area contributed by atoms with Gasteiger partial charge in [0.25, 0.3) is 0 Å². The van der Waals surface area contributed by atoms with E-state index in [0.717, 1.165) is 0 Å². The van der Waals surface area contributed by atoms with E-state index in [1.807, 2.05) is 6.07 Å². The van der Waals surface area contributed by atoms with Crippen molar-refractivity contribution in [2.75, 3.05) is 0 Å². The van der Waals surface area contributed by atoms with Crippen molar-refractivity contribution in [1.82, 2.24) is 0 Å².